The van der Waals surface area contributed by atoms with Crippen molar-refractivity contribution in [3.63, 3.8) is 0 Å². The summed E-state index contributed by atoms with van der Waals surface area (Å²) in [5.41, 5.74) is 0. The molecule has 10 heavy (non-hydrogen) atoms. The molecule has 0 aromatic carbocycles. The number of hydrogen-bond acceptors (Lipinski definition) is 2. The summed E-state index contributed by atoms with van der Waals surface area (Å²) in [6, 6.07) is 3.95. The van der Waals surface area contributed by atoms with Gasteiger partial charge in [0.2, 0.25) is 0 Å². The van der Waals surface area contributed by atoms with E-state index in [4.69, 9.17) is 4.74 Å². The molecule has 0 aliphatic heterocycles. The van der Waals surface area contributed by atoms with Crippen LogP contribution >= 0.6 is 11.3 Å². The Bertz CT molecular complexity index is 158. The average molecular weight is 155 g/mol. The molecule has 55 valence electrons. The van der Waals surface area contributed by atoms with Gasteiger partial charge in [-0.1, -0.05) is 13.3 Å². The van der Waals surface area contributed by atoms with Crippen LogP contribution in [-0.4, -0.2) is 0 Å². The Morgan fingerprint density at radius 3 is 3.20 bits per heavy atom. The maximum absolute atomic E-state index is 5.28. The zero-order valence-corrected chi connectivity index (χ0v) is 6.86. The Hall–Kier alpha value is -0.500. The predicted octanol–water partition coefficient (Wildman–Crippen LogP) is 3.09. The molecule has 0 atom stereocenters. The molecule has 0 amide bonds. The summed E-state index contributed by atoms with van der Waals surface area (Å²) >= 11 is 1.62. The van der Waals surface area contributed by atoms with Gasteiger partial charge in [-0.2, -0.15) is 0 Å². The minimum atomic E-state index is 0.980. The van der Waals surface area contributed by atoms with Crippen molar-refractivity contribution in [1.82, 2.24) is 0 Å². The number of ether oxygens (including phenoxy) is 1. The molecule has 0 saturated carbocycles. The second-order valence-electron chi connectivity index (χ2n) is 2.01. The van der Waals surface area contributed by atoms with Gasteiger partial charge >= 0.3 is 0 Å². The summed E-state index contributed by atoms with van der Waals surface area (Å²) in [5, 5.41) is 2.99. The summed E-state index contributed by atoms with van der Waals surface area (Å²) in [6.07, 6.45) is 2.17. The number of unbranched alkanes of at least 4 members (excludes halogenated alkanes) is 1. The smallest absolute Gasteiger partial charge is 0.174 e. The largest absolute Gasteiger partial charge is 0.477 e. The highest BCUT2D eigenvalue weighted by Gasteiger charge is 1.91. The zero-order valence-electron chi connectivity index (χ0n) is 6.04. The van der Waals surface area contributed by atoms with E-state index in [2.05, 4.69) is 6.92 Å². The van der Waals surface area contributed by atoms with Crippen LogP contribution in [0.3, 0.4) is 0 Å². The van der Waals surface area contributed by atoms with E-state index in [1.54, 1.807) is 11.3 Å². The van der Waals surface area contributed by atoms with Crippen LogP contribution < -0.4 is 4.74 Å². The molecule has 1 radical (unpaired) electrons. The van der Waals surface area contributed by atoms with Crippen LogP contribution in [0.25, 0.3) is 0 Å². The van der Waals surface area contributed by atoms with Crippen molar-refractivity contribution in [2.75, 3.05) is 0 Å². The van der Waals surface area contributed by atoms with Crippen molar-refractivity contribution in [3.05, 3.63) is 24.1 Å². The van der Waals surface area contributed by atoms with E-state index >= 15 is 0 Å². The first-order chi connectivity index (χ1) is 4.93. The summed E-state index contributed by atoms with van der Waals surface area (Å²) in [7, 11) is 0. The summed E-state index contributed by atoms with van der Waals surface area (Å²) in [4.78, 5) is 0. The van der Waals surface area contributed by atoms with Crippen LogP contribution in [0, 0.1) is 6.61 Å². The minimum Gasteiger partial charge on any atom is -0.477 e. The molecule has 1 aromatic rings. The Labute approximate surface area is 65.6 Å². The van der Waals surface area contributed by atoms with E-state index in [0.717, 1.165) is 17.9 Å². The highest BCUT2D eigenvalue weighted by molar-refractivity contribution is 7.11. The topological polar surface area (TPSA) is 9.23 Å². The molecule has 0 aliphatic carbocycles. The first-order valence-corrected chi connectivity index (χ1v) is 4.33. The van der Waals surface area contributed by atoms with Gasteiger partial charge in [0.05, 0.1) is 0 Å². The van der Waals surface area contributed by atoms with Gasteiger partial charge in [-0.15, -0.1) is 11.3 Å². The summed E-state index contributed by atoms with van der Waals surface area (Å²) in [5.74, 6) is 0. The Balaban J connectivity index is 2.15. The van der Waals surface area contributed by atoms with Gasteiger partial charge < -0.3 is 4.74 Å². The first-order valence-electron chi connectivity index (χ1n) is 3.45. The summed E-state index contributed by atoms with van der Waals surface area (Å²) < 4.78 is 5.28. The van der Waals surface area contributed by atoms with Gasteiger partial charge in [-0.25, -0.2) is 0 Å². The molecule has 1 heterocycles. The second kappa shape index (κ2) is 4.34. The monoisotopic (exact) mass is 155 g/mol. The van der Waals surface area contributed by atoms with E-state index in [0.29, 0.717) is 0 Å². The third-order valence-electron chi connectivity index (χ3n) is 1.10. The molecule has 0 bridgehead atoms. The lowest BCUT2D eigenvalue weighted by Crippen LogP contribution is -1.85. The van der Waals surface area contributed by atoms with Crippen LogP contribution in [0.15, 0.2) is 17.5 Å². The zero-order chi connectivity index (χ0) is 7.23. The fourth-order valence-electron chi connectivity index (χ4n) is 0.589. The lowest BCUT2D eigenvalue weighted by atomic mass is 10.4. The number of thiophene rings is 1. The molecule has 0 unspecified atom stereocenters. The number of rotatable bonds is 4. The SMILES string of the molecule is CCC[CH]Oc1cccs1. The molecule has 0 N–H and O–H groups in total. The molecule has 2 heteroatoms. The average Bonchev–Trinajstić information content (AvgIpc) is 2.41. The molecular formula is C8H11OS. The van der Waals surface area contributed by atoms with Crippen molar-refractivity contribution < 1.29 is 4.74 Å². The highest BCUT2D eigenvalue weighted by Crippen LogP contribution is 2.19. The Kier molecular flexibility index (Phi) is 3.30. The Morgan fingerprint density at radius 1 is 1.70 bits per heavy atom. The maximum atomic E-state index is 5.28. The first kappa shape index (κ1) is 7.61. The highest BCUT2D eigenvalue weighted by atomic mass is 32.1. The van der Waals surface area contributed by atoms with Crippen LogP contribution in [0.1, 0.15) is 19.8 Å². The number of hydrogen-bond donors (Lipinski definition) is 0. The van der Waals surface area contributed by atoms with Crippen LogP contribution in [0.2, 0.25) is 0 Å². The van der Waals surface area contributed by atoms with Crippen molar-refractivity contribution in [1.29, 1.82) is 0 Å². The van der Waals surface area contributed by atoms with E-state index in [1.807, 2.05) is 24.1 Å². The van der Waals surface area contributed by atoms with Gasteiger partial charge in [0.25, 0.3) is 0 Å². The second-order valence-corrected chi connectivity index (χ2v) is 2.92. The molecule has 1 rings (SSSR count). The molecular weight excluding hydrogens is 144 g/mol. The van der Waals surface area contributed by atoms with E-state index < -0.39 is 0 Å². The maximum Gasteiger partial charge on any atom is 0.174 e. The van der Waals surface area contributed by atoms with E-state index in [9.17, 15) is 0 Å². The van der Waals surface area contributed by atoms with Gasteiger partial charge in [0, 0.05) is 0 Å². The van der Waals surface area contributed by atoms with Crippen molar-refractivity contribution in [3.8, 4) is 5.06 Å². The normalized spacial score (nSPS) is 9.70. The lowest BCUT2D eigenvalue weighted by molar-refractivity contribution is 0.400. The van der Waals surface area contributed by atoms with Crippen LogP contribution in [0.5, 0.6) is 5.06 Å². The van der Waals surface area contributed by atoms with Crippen molar-refractivity contribution in [2.24, 2.45) is 0 Å². The van der Waals surface area contributed by atoms with E-state index in [1.165, 1.54) is 0 Å². The van der Waals surface area contributed by atoms with Gasteiger partial charge in [-0.3, -0.25) is 0 Å². The molecule has 0 saturated heterocycles. The standard InChI is InChI=1S/C8H11OS/c1-2-3-6-9-8-5-4-7-10-8/h4-7H,2-3H2,1H3. The van der Waals surface area contributed by atoms with Crippen molar-refractivity contribution in [2.45, 2.75) is 19.8 Å². The molecule has 1 nitrogen and oxygen atoms in total. The fourth-order valence-corrected chi connectivity index (χ4v) is 1.16. The van der Waals surface area contributed by atoms with Gasteiger partial charge in [0.15, 0.2) is 5.06 Å². The summed E-state index contributed by atoms with van der Waals surface area (Å²) in [6.45, 7) is 3.99. The molecule has 0 spiro atoms. The Morgan fingerprint density at radius 2 is 2.60 bits per heavy atom. The third-order valence-corrected chi connectivity index (χ3v) is 1.86. The minimum absolute atomic E-state index is 0.980. The van der Waals surface area contributed by atoms with Crippen LogP contribution in [-0.2, 0) is 0 Å². The van der Waals surface area contributed by atoms with Gasteiger partial charge in [-0.05, 0) is 23.9 Å². The molecule has 0 aliphatic rings. The fraction of sp³-hybridized carbons (Fsp3) is 0.375. The quantitative estimate of drug-likeness (QED) is 0.607. The lowest BCUT2D eigenvalue weighted by Gasteiger charge is -1.98. The van der Waals surface area contributed by atoms with Crippen LogP contribution in [0.4, 0.5) is 0 Å². The molecule has 0 fully saturated rings. The molecule has 1 aromatic heterocycles. The van der Waals surface area contributed by atoms with Gasteiger partial charge in [0.1, 0.15) is 6.61 Å². The van der Waals surface area contributed by atoms with Crippen molar-refractivity contribution >= 4 is 11.3 Å². The van der Waals surface area contributed by atoms with E-state index in [-0.39, 0.29) is 0 Å². The third kappa shape index (κ3) is 2.40. The predicted molar refractivity (Wildman–Crippen MR) is 44.2 cm³/mol.